The van der Waals surface area contributed by atoms with Gasteiger partial charge in [0.15, 0.2) is 0 Å². The summed E-state index contributed by atoms with van der Waals surface area (Å²) in [4.78, 5) is 12.1. The molecule has 0 fully saturated rings. The number of carbonyl (C=O) groups excluding carboxylic acids is 1. The zero-order valence-electron chi connectivity index (χ0n) is 9.90. The topological polar surface area (TPSA) is 65.5 Å². The van der Waals surface area contributed by atoms with Crippen molar-refractivity contribution in [3.05, 3.63) is 44.5 Å². The van der Waals surface area contributed by atoms with Crippen LogP contribution in [-0.2, 0) is 4.74 Å². The van der Waals surface area contributed by atoms with Gasteiger partial charge in [-0.2, -0.15) is 0 Å². The Bertz CT molecular complexity index is 576. The van der Waals surface area contributed by atoms with E-state index in [4.69, 9.17) is 21.8 Å². The molecular weight excluding hydrogens is 274 g/mol. The quantitative estimate of drug-likeness (QED) is 0.880. The largest absolute Gasteiger partial charge is 0.463 e. The lowest BCUT2D eigenvalue weighted by atomic mass is 10.2. The van der Waals surface area contributed by atoms with Gasteiger partial charge in [0.05, 0.1) is 18.2 Å². The lowest BCUT2D eigenvalue weighted by molar-refractivity contribution is 0.0563. The molecule has 6 heteroatoms. The van der Waals surface area contributed by atoms with Crippen LogP contribution in [0.3, 0.4) is 0 Å². The number of methoxy groups -OCH3 is 1. The van der Waals surface area contributed by atoms with E-state index in [0.29, 0.717) is 10.8 Å². The van der Waals surface area contributed by atoms with Crippen LogP contribution < -0.4 is 5.73 Å². The maximum atomic E-state index is 11.3. The summed E-state index contributed by atoms with van der Waals surface area (Å²) >= 11 is 7.62. The van der Waals surface area contributed by atoms with Crippen LogP contribution in [0, 0.1) is 6.92 Å². The summed E-state index contributed by atoms with van der Waals surface area (Å²) in [6, 6.07) is 2.71. The number of furan rings is 1. The van der Waals surface area contributed by atoms with Crippen LogP contribution in [0.1, 0.15) is 32.8 Å². The molecule has 0 saturated carbocycles. The number of halogens is 1. The number of aryl methyl sites for hydroxylation is 1. The van der Waals surface area contributed by atoms with Gasteiger partial charge in [0.1, 0.15) is 5.76 Å². The highest BCUT2D eigenvalue weighted by molar-refractivity contribution is 7.10. The number of hydrogen-bond acceptors (Lipinski definition) is 5. The Morgan fingerprint density at radius 3 is 2.83 bits per heavy atom. The van der Waals surface area contributed by atoms with Crippen LogP contribution in [0.2, 0.25) is 5.02 Å². The molecule has 96 valence electrons. The molecule has 0 aliphatic heterocycles. The first-order valence-electron chi connectivity index (χ1n) is 5.21. The van der Waals surface area contributed by atoms with Crippen LogP contribution in [0.25, 0.3) is 0 Å². The number of carbonyl (C=O) groups is 1. The van der Waals surface area contributed by atoms with Crippen molar-refractivity contribution < 1.29 is 13.9 Å². The van der Waals surface area contributed by atoms with Crippen molar-refractivity contribution in [2.45, 2.75) is 13.0 Å². The molecule has 0 spiro atoms. The maximum absolute atomic E-state index is 11.3. The molecule has 0 amide bonds. The van der Waals surface area contributed by atoms with E-state index < -0.39 is 12.0 Å². The zero-order chi connectivity index (χ0) is 13.3. The van der Waals surface area contributed by atoms with Gasteiger partial charge in [-0.1, -0.05) is 11.6 Å². The van der Waals surface area contributed by atoms with Crippen LogP contribution in [-0.4, -0.2) is 13.1 Å². The van der Waals surface area contributed by atoms with Crippen molar-refractivity contribution in [3.63, 3.8) is 0 Å². The second-order valence-electron chi connectivity index (χ2n) is 3.77. The van der Waals surface area contributed by atoms with Gasteiger partial charge < -0.3 is 14.9 Å². The predicted octanol–water partition coefficient (Wildman–Crippen LogP) is 3.14. The van der Waals surface area contributed by atoms with Gasteiger partial charge >= 0.3 is 5.97 Å². The van der Waals surface area contributed by atoms with Gasteiger partial charge in [-0.15, -0.1) is 11.3 Å². The van der Waals surface area contributed by atoms with Gasteiger partial charge in [0, 0.05) is 4.88 Å². The Kier molecular flexibility index (Phi) is 3.75. The first-order chi connectivity index (χ1) is 8.54. The summed E-state index contributed by atoms with van der Waals surface area (Å²) in [7, 11) is 1.30. The first kappa shape index (κ1) is 13.1. The molecule has 0 aliphatic carbocycles. The molecule has 2 rings (SSSR count). The minimum atomic E-state index is -0.526. The van der Waals surface area contributed by atoms with Crippen molar-refractivity contribution >= 4 is 28.9 Å². The van der Waals surface area contributed by atoms with Crippen LogP contribution in [0.5, 0.6) is 0 Å². The number of esters is 1. The highest BCUT2D eigenvalue weighted by Crippen LogP contribution is 2.34. The number of hydrogen-bond donors (Lipinski definition) is 1. The molecule has 0 aliphatic rings. The summed E-state index contributed by atoms with van der Waals surface area (Å²) in [6.07, 6.45) is 0. The highest BCUT2D eigenvalue weighted by Gasteiger charge is 2.21. The number of nitrogens with two attached hydrogens (primary N) is 1. The van der Waals surface area contributed by atoms with Gasteiger partial charge in [0.2, 0.25) is 5.76 Å². The molecule has 0 radical (unpaired) electrons. The molecule has 2 aromatic rings. The minimum absolute atomic E-state index is 0.132. The van der Waals surface area contributed by atoms with Crippen molar-refractivity contribution in [1.82, 2.24) is 0 Å². The summed E-state index contributed by atoms with van der Waals surface area (Å²) in [5, 5.41) is 2.57. The van der Waals surface area contributed by atoms with Crippen LogP contribution >= 0.6 is 22.9 Å². The average molecular weight is 286 g/mol. The van der Waals surface area contributed by atoms with E-state index in [9.17, 15) is 4.79 Å². The monoisotopic (exact) mass is 285 g/mol. The van der Waals surface area contributed by atoms with Gasteiger partial charge in [0.25, 0.3) is 0 Å². The molecule has 2 aromatic heterocycles. The van der Waals surface area contributed by atoms with Crippen molar-refractivity contribution in [2.75, 3.05) is 7.11 Å². The molecule has 1 atom stereocenters. The Hall–Kier alpha value is -1.30. The summed E-state index contributed by atoms with van der Waals surface area (Å²) in [6.45, 7) is 1.91. The van der Waals surface area contributed by atoms with Gasteiger partial charge in [-0.05, 0) is 30.0 Å². The fourth-order valence-corrected chi connectivity index (χ4v) is 2.84. The minimum Gasteiger partial charge on any atom is -0.463 e. The van der Waals surface area contributed by atoms with E-state index in [1.165, 1.54) is 24.5 Å². The Balaban J connectivity index is 2.29. The summed E-state index contributed by atoms with van der Waals surface area (Å²) in [5.41, 5.74) is 7.04. The Morgan fingerprint density at radius 2 is 2.28 bits per heavy atom. The smallest absolute Gasteiger partial charge is 0.373 e. The molecule has 4 nitrogen and oxygen atoms in total. The van der Waals surface area contributed by atoms with E-state index in [2.05, 4.69) is 4.74 Å². The fourth-order valence-electron chi connectivity index (χ4n) is 1.52. The molecule has 1 unspecified atom stereocenters. The average Bonchev–Trinajstić information content (AvgIpc) is 2.97. The molecular formula is C12H12ClNO3S. The third kappa shape index (κ3) is 2.29. The van der Waals surface area contributed by atoms with Crippen molar-refractivity contribution in [2.24, 2.45) is 5.73 Å². The van der Waals surface area contributed by atoms with Crippen LogP contribution in [0.4, 0.5) is 0 Å². The predicted molar refractivity (Wildman–Crippen MR) is 70.1 cm³/mol. The summed E-state index contributed by atoms with van der Waals surface area (Å²) < 4.78 is 9.93. The number of ether oxygens (including phenoxy) is 1. The van der Waals surface area contributed by atoms with Gasteiger partial charge in [-0.25, -0.2) is 4.79 Å². The SMILES string of the molecule is COC(=O)c1ccc(C(N)c2scc(C)c2Cl)o1. The second kappa shape index (κ2) is 5.14. The van der Waals surface area contributed by atoms with E-state index >= 15 is 0 Å². The molecule has 18 heavy (non-hydrogen) atoms. The van der Waals surface area contributed by atoms with E-state index in [1.54, 1.807) is 6.07 Å². The van der Waals surface area contributed by atoms with Crippen molar-refractivity contribution in [3.8, 4) is 0 Å². The maximum Gasteiger partial charge on any atom is 0.373 e. The molecule has 0 saturated heterocycles. The second-order valence-corrected chi connectivity index (χ2v) is 5.06. The zero-order valence-corrected chi connectivity index (χ0v) is 11.5. The first-order valence-corrected chi connectivity index (χ1v) is 6.47. The summed E-state index contributed by atoms with van der Waals surface area (Å²) in [5.74, 6) is 0.0911. The van der Waals surface area contributed by atoms with Gasteiger partial charge in [-0.3, -0.25) is 0 Å². The third-order valence-electron chi connectivity index (χ3n) is 2.53. The molecule has 2 N–H and O–H groups in total. The van der Waals surface area contributed by atoms with E-state index in [0.717, 1.165) is 10.4 Å². The molecule has 2 heterocycles. The third-order valence-corrected chi connectivity index (χ3v) is 4.32. The highest BCUT2D eigenvalue weighted by atomic mass is 35.5. The van der Waals surface area contributed by atoms with E-state index in [1.807, 2.05) is 12.3 Å². The lowest BCUT2D eigenvalue weighted by Crippen LogP contribution is -2.10. The van der Waals surface area contributed by atoms with E-state index in [-0.39, 0.29) is 5.76 Å². The number of thiophene rings is 1. The fraction of sp³-hybridized carbons (Fsp3) is 0.250. The normalized spacial score (nSPS) is 12.4. The molecule has 0 bridgehead atoms. The lowest BCUT2D eigenvalue weighted by Gasteiger charge is -2.07. The Morgan fingerprint density at radius 1 is 1.56 bits per heavy atom. The Labute approximate surface area is 113 Å². The van der Waals surface area contributed by atoms with Crippen molar-refractivity contribution in [1.29, 1.82) is 0 Å². The number of rotatable bonds is 3. The standard InChI is InChI=1S/C12H12ClNO3S/c1-6-5-18-11(9(6)13)10(14)7-3-4-8(17-7)12(15)16-2/h3-5,10H,14H2,1-2H3. The van der Waals surface area contributed by atoms with Crippen LogP contribution in [0.15, 0.2) is 21.9 Å². The molecule has 0 aromatic carbocycles.